The van der Waals surface area contributed by atoms with Crippen LogP contribution in [0.5, 0.6) is 11.5 Å². The number of carbonyl (C=O) groups is 1. The van der Waals surface area contributed by atoms with Crippen LogP contribution < -0.4 is 0 Å². The van der Waals surface area contributed by atoms with Crippen molar-refractivity contribution < 1.29 is 19.7 Å². The molecule has 0 aliphatic rings. The highest BCUT2D eigenvalue weighted by atomic mass is 16.5. The monoisotopic (exact) mass is 300 g/mol. The molecule has 0 aliphatic heterocycles. The van der Waals surface area contributed by atoms with Crippen molar-refractivity contribution in [1.29, 1.82) is 0 Å². The fourth-order valence-electron chi connectivity index (χ4n) is 2.31. The minimum atomic E-state index is -0.289. The molecule has 0 saturated carbocycles. The van der Waals surface area contributed by atoms with Gasteiger partial charge in [-0.2, -0.15) is 0 Å². The number of hydrogen-bond acceptors (Lipinski definition) is 4. The van der Waals surface area contributed by atoms with Gasteiger partial charge in [0.05, 0.1) is 13.0 Å². The van der Waals surface area contributed by atoms with E-state index >= 15 is 0 Å². The number of rotatable bonds is 5. The van der Waals surface area contributed by atoms with E-state index in [1.54, 1.807) is 36.4 Å². The Labute approximate surface area is 130 Å². The van der Waals surface area contributed by atoms with Crippen LogP contribution in [0, 0.1) is 13.8 Å². The van der Waals surface area contributed by atoms with Gasteiger partial charge in [0, 0.05) is 6.42 Å². The molecular weight excluding hydrogens is 280 g/mol. The van der Waals surface area contributed by atoms with Crippen LogP contribution in [-0.2, 0) is 22.4 Å². The zero-order chi connectivity index (χ0) is 16.1. The molecule has 22 heavy (non-hydrogen) atoms. The van der Waals surface area contributed by atoms with Crippen LogP contribution in [0.25, 0.3) is 0 Å². The smallest absolute Gasteiger partial charge is 0.310 e. The predicted octanol–water partition coefficient (Wildman–Crippen LogP) is 3.04. The van der Waals surface area contributed by atoms with Gasteiger partial charge in [-0.3, -0.25) is 4.79 Å². The van der Waals surface area contributed by atoms with Gasteiger partial charge in [0.25, 0.3) is 0 Å². The first-order chi connectivity index (χ1) is 10.5. The lowest BCUT2D eigenvalue weighted by Gasteiger charge is -2.08. The van der Waals surface area contributed by atoms with Crippen LogP contribution in [0.15, 0.2) is 36.4 Å². The normalized spacial score (nSPS) is 10.5. The van der Waals surface area contributed by atoms with Crippen molar-refractivity contribution in [3.8, 4) is 11.5 Å². The molecule has 0 aromatic heterocycles. The summed E-state index contributed by atoms with van der Waals surface area (Å²) in [6, 6.07) is 10.4. The fourth-order valence-corrected chi connectivity index (χ4v) is 2.31. The van der Waals surface area contributed by atoms with Gasteiger partial charge in [0.2, 0.25) is 0 Å². The van der Waals surface area contributed by atoms with Gasteiger partial charge in [-0.1, -0.05) is 24.3 Å². The fraction of sp³-hybridized carbons (Fsp3) is 0.278. The molecule has 0 bridgehead atoms. The van der Waals surface area contributed by atoms with Crippen molar-refractivity contribution in [2.75, 3.05) is 6.61 Å². The van der Waals surface area contributed by atoms with E-state index in [2.05, 4.69) is 0 Å². The number of phenolic OH excluding ortho intramolecular Hbond substituents is 2. The molecule has 116 valence electrons. The first-order valence-corrected chi connectivity index (χ1v) is 7.18. The Bertz CT molecular complexity index is 636. The summed E-state index contributed by atoms with van der Waals surface area (Å²) in [5.74, 6) is 0.200. The van der Waals surface area contributed by atoms with E-state index < -0.39 is 0 Å². The third-order valence-electron chi connectivity index (χ3n) is 3.49. The number of ether oxygens (including phenoxy) is 1. The van der Waals surface area contributed by atoms with Gasteiger partial charge in [-0.25, -0.2) is 0 Å². The van der Waals surface area contributed by atoms with E-state index in [9.17, 15) is 15.0 Å². The molecule has 4 nitrogen and oxygen atoms in total. The third kappa shape index (κ3) is 4.25. The molecule has 4 heteroatoms. The van der Waals surface area contributed by atoms with Crippen LogP contribution in [0.1, 0.15) is 22.3 Å². The second-order valence-corrected chi connectivity index (χ2v) is 5.39. The molecule has 2 aromatic carbocycles. The lowest BCUT2D eigenvalue weighted by Crippen LogP contribution is -2.10. The molecule has 0 heterocycles. The average molecular weight is 300 g/mol. The third-order valence-corrected chi connectivity index (χ3v) is 3.49. The van der Waals surface area contributed by atoms with Gasteiger partial charge >= 0.3 is 5.97 Å². The van der Waals surface area contributed by atoms with E-state index in [1.807, 2.05) is 13.8 Å². The average Bonchev–Trinajstić information content (AvgIpc) is 2.47. The molecular formula is C18H20O4. The molecule has 0 fully saturated rings. The van der Waals surface area contributed by atoms with E-state index in [0.29, 0.717) is 13.0 Å². The van der Waals surface area contributed by atoms with Crippen LogP contribution in [0.4, 0.5) is 0 Å². The summed E-state index contributed by atoms with van der Waals surface area (Å²) in [6.45, 7) is 3.92. The lowest BCUT2D eigenvalue weighted by molar-refractivity contribution is -0.142. The van der Waals surface area contributed by atoms with Gasteiger partial charge in [-0.05, 0) is 48.2 Å². The Kier molecular flexibility index (Phi) is 5.04. The maximum absolute atomic E-state index is 11.8. The molecule has 2 rings (SSSR count). The second-order valence-electron chi connectivity index (χ2n) is 5.39. The Balaban J connectivity index is 1.84. The van der Waals surface area contributed by atoms with E-state index in [4.69, 9.17) is 4.74 Å². The summed E-state index contributed by atoms with van der Waals surface area (Å²) in [6.07, 6.45) is 0.803. The molecule has 0 spiro atoms. The summed E-state index contributed by atoms with van der Waals surface area (Å²) in [5, 5.41) is 18.9. The van der Waals surface area contributed by atoms with Crippen molar-refractivity contribution in [2.24, 2.45) is 0 Å². The Morgan fingerprint density at radius 1 is 1.00 bits per heavy atom. The second kappa shape index (κ2) is 6.98. The molecule has 0 unspecified atom stereocenters. The highest BCUT2D eigenvalue weighted by molar-refractivity contribution is 5.73. The van der Waals surface area contributed by atoms with Crippen molar-refractivity contribution >= 4 is 5.97 Å². The predicted molar refractivity (Wildman–Crippen MR) is 84.1 cm³/mol. The highest BCUT2D eigenvalue weighted by Crippen LogP contribution is 2.23. The zero-order valence-corrected chi connectivity index (χ0v) is 12.8. The highest BCUT2D eigenvalue weighted by Gasteiger charge is 2.09. The van der Waals surface area contributed by atoms with E-state index in [0.717, 1.165) is 22.3 Å². The standard InChI is InChI=1S/C18H20O4/c1-12-9-15(10-13(2)18(12)21)11-17(20)22-8-7-14-3-5-16(19)6-4-14/h3-6,9-10,19,21H,7-8,11H2,1-2H3. The minimum Gasteiger partial charge on any atom is -0.508 e. The molecule has 0 aliphatic carbocycles. The minimum absolute atomic E-state index is 0.192. The SMILES string of the molecule is Cc1cc(CC(=O)OCCc2ccc(O)cc2)cc(C)c1O. The van der Waals surface area contributed by atoms with Crippen LogP contribution in [-0.4, -0.2) is 22.8 Å². The number of aryl methyl sites for hydroxylation is 2. The number of carbonyl (C=O) groups excluding carboxylic acids is 1. The molecule has 2 aromatic rings. The van der Waals surface area contributed by atoms with Crippen LogP contribution >= 0.6 is 0 Å². The molecule has 2 N–H and O–H groups in total. The number of benzene rings is 2. The van der Waals surface area contributed by atoms with Crippen LogP contribution in [0.2, 0.25) is 0 Å². The molecule has 0 atom stereocenters. The number of phenols is 2. The maximum Gasteiger partial charge on any atom is 0.310 e. The van der Waals surface area contributed by atoms with Crippen molar-refractivity contribution in [2.45, 2.75) is 26.7 Å². The topological polar surface area (TPSA) is 66.8 Å². The van der Waals surface area contributed by atoms with Crippen LogP contribution in [0.3, 0.4) is 0 Å². The van der Waals surface area contributed by atoms with Gasteiger partial charge in [-0.15, -0.1) is 0 Å². The van der Waals surface area contributed by atoms with Crippen molar-refractivity contribution in [1.82, 2.24) is 0 Å². The quantitative estimate of drug-likeness (QED) is 0.833. The van der Waals surface area contributed by atoms with Crippen molar-refractivity contribution in [3.63, 3.8) is 0 Å². The lowest BCUT2D eigenvalue weighted by atomic mass is 10.0. The Hall–Kier alpha value is -2.49. The molecule has 0 radical (unpaired) electrons. The number of esters is 1. The summed E-state index contributed by atoms with van der Waals surface area (Å²) < 4.78 is 5.23. The van der Waals surface area contributed by atoms with E-state index in [-0.39, 0.29) is 23.9 Å². The first-order valence-electron chi connectivity index (χ1n) is 7.18. The summed E-state index contributed by atoms with van der Waals surface area (Å²) >= 11 is 0. The first kappa shape index (κ1) is 15.9. The van der Waals surface area contributed by atoms with Gasteiger partial charge < -0.3 is 14.9 Å². The number of aromatic hydroxyl groups is 2. The van der Waals surface area contributed by atoms with Crippen molar-refractivity contribution in [3.05, 3.63) is 58.7 Å². The number of hydrogen-bond donors (Lipinski definition) is 2. The Morgan fingerprint density at radius 2 is 1.59 bits per heavy atom. The zero-order valence-electron chi connectivity index (χ0n) is 12.8. The van der Waals surface area contributed by atoms with Gasteiger partial charge in [0.15, 0.2) is 0 Å². The molecule has 0 saturated heterocycles. The van der Waals surface area contributed by atoms with Gasteiger partial charge in [0.1, 0.15) is 11.5 Å². The summed E-state index contributed by atoms with van der Waals surface area (Å²) in [7, 11) is 0. The summed E-state index contributed by atoms with van der Waals surface area (Å²) in [4.78, 5) is 11.8. The summed E-state index contributed by atoms with van der Waals surface area (Å²) in [5.41, 5.74) is 3.35. The maximum atomic E-state index is 11.8. The largest absolute Gasteiger partial charge is 0.508 e. The Morgan fingerprint density at radius 3 is 2.18 bits per heavy atom. The van der Waals surface area contributed by atoms with E-state index in [1.165, 1.54) is 0 Å². The molecule has 0 amide bonds.